The number of benzene rings is 1. The molecule has 2 heteroatoms. The van der Waals surface area contributed by atoms with E-state index in [1.807, 2.05) is 6.07 Å². The molecular weight excluding hydrogens is 162 g/mol. The van der Waals surface area contributed by atoms with Crippen molar-refractivity contribution >= 4 is 0 Å². The van der Waals surface area contributed by atoms with Gasteiger partial charge in [0.2, 0.25) is 0 Å². The predicted molar refractivity (Wildman–Crippen MR) is 52.5 cm³/mol. The Morgan fingerprint density at radius 3 is 2.77 bits per heavy atom. The molecule has 2 N–H and O–H groups in total. The predicted octanol–water partition coefficient (Wildman–Crippen LogP) is 1.25. The van der Waals surface area contributed by atoms with Crippen LogP contribution in [0.4, 0.5) is 0 Å². The first-order valence-electron chi connectivity index (χ1n) is 4.72. The van der Waals surface area contributed by atoms with Crippen molar-refractivity contribution in [3.8, 4) is 0 Å². The fourth-order valence-corrected chi connectivity index (χ4v) is 1.87. The van der Waals surface area contributed by atoms with Crippen molar-refractivity contribution in [1.82, 2.24) is 5.32 Å². The number of hydrogen-bond acceptors (Lipinski definition) is 2. The van der Waals surface area contributed by atoms with Crippen molar-refractivity contribution < 1.29 is 5.11 Å². The van der Waals surface area contributed by atoms with E-state index in [0.717, 1.165) is 6.54 Å². The van der Waals surface area contributed by atoms with Crippen molar-refractivity contribution in [3.63, 3.8) is 0 Å². The quantitative estimate of drug-likeness (QED) is 0.712. The van der Waals surface area contributed by atoms with Crippen LogP contribution in [0, 0.1) is 12.8 Å². The van der Waals surface area contributed by atoms with Crippen molar-refractivity contribution in [2.75, 3.05) is 13.2 Å². The third-order valence-corrected chi connectivity index (χ3v) is 2.83. The van der Waals surface area contributed by atoms with Crippen LogP contribution in [-0.2, 0) is 0 Å². The Labute approximate surface area is 78.6 Å². The Morgan fingerprint density at radius 2 is 2.23 bits per heavy atom. The molecule has 1 fully saturated rings. The third kappa shape index (κ3) is 1.47. The number of hydrogen-bond donors (Lipinski definition) is 2. The number of aliphatic hydroxyl groups is 1. The van der Waals surface area contributed by atoms with E-state index in [-0.39, 0.29) is 6.61 Å². The van der Waals surface area contributed by atoms with Crippen molar-refractivity contribution in [2.24, 2.45) is 5.92 Å². The minimum Gasteiger partial charge on any atom is -0.396 e. The SMILES string of the molecule is Cc1ccccc1C1NCC1CO. The highest BCUT2D eigenvalue weighted by molar-refractivity contribution is 5.30. The van der Waals surface area contributed by atoms with Gasteiger partial charge in [0.05, 0.1) is 0 Å². The number of aliphatic hydroxyl groups excluding tert-OH is 1. The van der Waals surface area contributed by atoms with E-state index in [2.05, 4.69) is 30.4 Å². The average Bonchev–Trinajstić information content (AvgIpc) is 2.08. The van der Waals surface area contributed by atoms with Gasteiger partial charge in [-0.1, -0.05) is 24.3 Å². The Balaban J connectivity index is 2.21. The van der Waals surface area contributed by atoms with E-state index in [1.165, 1.54) is 11.1 Å². The third-order valence-electron chi connectivity index (χ3n) is 2.83. The summed E-state index contributed by atoms with van der Waals surface area (Å²) in [4.78, 5) is 0. The lowest BCUT2D eigenvalue weighted by molar-refractivity contribution is 0.128. The summed E-state index contributed by atoms with van der Waals surface area (Å²) in [6.45, 7) is 3.34. The zero-order chi connectivity index (χ0) is 9.26. The molecule has 2 rings (SSSR count). The second-order valence-electron chi connectivity index (χ2n) is 3.69. The molecule has 70 valence electrons. The minimum atomic E-state index is 0.284. The van der Waals surface area contributed by atoms with Gasteiger partial charge in [0.25, 0.3) is 0 Å². The second-order valence-corrected chi connectivity index (χ2v) is 3.69. The zero-order valence-corrected chi connectivity index (χ0v) is 7.83. The first-order valence-corrected chi connectivity index (χ1v) is 4.72. The molecule has 1 aliphatic rings. The summed E-state index contributed by atoms with van der Waals surface area (Å²) in [5, 5.41) is 12.4. The summed E-state index contributed by atoms with van der Waals surface area (Å²) < 4.78 is 0. The standard InChI is InChI=1S/C11H15NO/c1-8-4-2-3-5-10(8)11-9(7-13)6-12-11/h2-5,9,11-13H,6-7H2,1H3. The number of aryl methyl sites for hydroxylation is 1. The van der Waals surface area contributed by atoms with Crippen LogP contribution in [0.15, 0.2) is 24.3 Å². The Bertz CT molecular complexity index is 296. The highest BCUT2D eigenvalue weighted by Gasteiger charge is 2.31. The van der Waals surface area contributed by atoms with E-state index in [1.54, 1.807) is 0 Å². The lowest BCUT2D eigenvalue weighted by Crippen LogP contribution is -2.47. The molecule has 0 amide bonds. The van der Waals surface area contributed by atoms with Crippen molar-refractivity contribution in [3.05, 3.63) is 35.4 Å². The van der Waals surface area contributed by atoms with Gasteiger partial charge in [-0.25, -0.2) is 0 Å². The first kappa shape index (κ1) is 8.73. The molecule has 0 saturated carbocycles. The molecular formula is C11H15NO. The fraction of sp³-hybridized carbons (Fsp3) is 0.455. The van der Waals surface area contributed by atoms with Crippen LogP contribution in [0.5, 0.6) is 0 Å². The van der Waals surface area contributed by atoms with E-state index in [4.69, 9.17) is 5.11 Å². The molecule has 1 aliphatic heterocycles. The van der Waals surface area contributed by atoms with Gasteiger partial charge in [0.1, 0.15) is 0 Å². The molecule has 2 atom stereocenters. The maximum Gasteiger partial charge on any atom is 0.0489 e. The fourth-order valence-electron chi connectivity index (χ4n) is 1.87. The van der Waals surface area contributed by atoms with E-state index in [9.17, 15) is 0 Å². The van der Waals surface area contributed by atoms with Crippen LogP contribution in [-0.4, -0.2) is 18.3 Å². The molecule has 2 nitrogen and oxygen atoms in total. The van der Waals surface area contributed by atoms with Crippen LogP contribution >= 0.6 is 0 Å². The second kappa shape index (κ2) is 3.48. The Hall–Kier alpha value is -0.860. The Morgan fingerprint density at radius 1 is 1.46 bits per heavy atom. The monoisotopic (exact) mass is 177 g/mol. The summed E-state index contributed by atoms with van der Waals surface area (Å²) in [5.41, 5.74) is 2.63. The van der Waals surface area contributed by atoms with Gasteiger partial charge in [-0.3, -0.25) is 0 Å². The molecule has 1 aromatic rings. The van der Waals surface area contributed by atoms with Crippen molar-refractivity contribution in [2.45, 2.75) is 13.0 Å². The average molecular weight is 177 g/mol. The topological polar surface area (TPSA) is 32.3 Å². The molecule has 0 aliphatic carbocycles. The maximum absolute atomic E-state index is 9.07. The van der Waals surface area contributed by atoms with Gasteiger partial charge >= 0.3 is 0 Å². The van der Waals surface area contributed by atoms with Gasteiger partial charge in [-0.2, -0.15) is 0 Å². The van der Waals surface area contributed by atoms with Crippen LogP contribution in [0.3, 0.4) is 0 Å². The smallest absolute Gasteiger partial charge is 0.0489 e. The van der Waals surface area contributed by atoms with Gasteiger partial charge in [0, 0.05) is 25.1 Å². The minimum absolute atomic E-state index is 0.284. The zero-order valence-electron chi connectivity index (χ0n) is 7.83. The molecule has 0 radical (unpaired) electrons. The Kier molecular flexibility index (Phi) is 2.34. The van der Waals surface area contributed by atoms with Crippen LogP contribution in [0.25, 0.3) is 0 Å². The highest BCUT2D eigenvalue weighted by Crippen LogP contribution is 2.30. The van der Waals surface area contributed by atoms with Crippen LogP contribution in [0.2, 0.25) is 0 Å². The summed E-state index contributed by atoms with van der Waals surface area (Å²) in [7, 11) is 0. The van der Waals surface area contributed by atoms with Crippen molar-refractivity contribution in [1.29, 1.82) is 0 Å². The largest absolute Gasteiger partial charge is 0.396 e. The normalized spacial score (nSPS) is 26.9. The van der Waals surface area contributed by atoms with Crippen LogP contribution < -0.4 is 5.32 Å². The number of rotatable bonds is 2. The van der Waals surface area contributed by atoms with E-state index in [0.29, 0.717) is 12.0 Å². The van der Waals surface area contributed by atoms with Gasteiger partial charge < -0.3 is 10.4 Å². The molecule has 13 heavy (non-hydrogen) atoms. The summed E-state index contributed by atoms with van der Waals surface area (Å²) in [6, 6.07) is 8.71. The first-order chi connectivity index (χ1) is 6.33. The molecule has 1 saturated heterocycles. The lowest BCUT2D eigenvalue weighted by atomic mass is 9.85. The highest BCUT2D eigenvalue weighted by atomic mass is 16.3. The molecule has 1 aromatic carbocycles. The lowest BCUT2D eigenvalue weighted by Gasteiger charge is -2.38. The molecule has 0 aromatic heterocycles. The molecule has 0 bridgehead atoms. The van der Waals surface area contributed by atoms with Crippen LogP contribution in [0.1, 0.15) is 17.2 Å². The summed E-state index contributed by atoms with van der Waals surface area (Å²) in [6.07, 6.45) is 0. The maximum atomic E-state index is 9.07. The number of nitrogens with one attached hydrogen (secondary N) is 1. The van der Waals surface area contributed by atoms with E-state index < -0.39 is 0 Å². The van der Waals surface area contributed by atoms with Gasteiger partial charge in [-0.15, -0.1) is 0 Å². The summed E-state index contributed by atoms with van der Waals surface area (Å²) >= 11 is 0. The molecule has 0 spiro atoms. The van der Waals surface area contributed by atoms with Gasteiger partial charge in [0.15, 0.2) is 0 Å². The van der Waals surface area contributed by atoms with Gasteiger partial charge in [-0.05, 0) is 18.1 Å². The van der Waals surface area contributed by atoms with E-state index >= 15 is 0 Å². The molecule has 1 heterocycles. The summed E-state index contributed by atoms with van der Waals surface area (Å²) in [5.74, 6) is 0.404. The molecule has 2 unspecified atom stereocenters.